The second kappa shape index (κ2) is 2.21. The molecule has 0 bridgehead atoms. The van der Waals surface area contributed by atoms with Crippen LogP contribution in [0, 0.1) is 0 Å². The van der Waals surface area contributed by atoms with Gasteiger partial charge in [-0.25, -0.2) is 8.78 Å². The Labute approximate surface area is 53.4 Å². The first-order valence-electron chi connectivity index (χ1n) is 3.22. The van der Waals surface area contributed by atoms with Crippen LogP contribution in [-0.4, -0.2) is 19.0 Å². The molecule has 1 fully saturated rings. The number of rotatable bonds is 1. The van der Waals surface area contributed by atoms with Gasteiger partial charge in [-0.2, -0.15) is 0 Å². The van der Waals surface area contributed by atoms with Gasteiger partial charge in [0.1, 0.15) is 0 Å². The van der Waals surface area contributed by atoms with Gasteiger partial charge in [0.05, 0.1) is 6.04 Å². The first kappa shape index (κ1) is 6.93. The largest absolute Gasteiger partial charge is 0.312 e. The van der Waals surface area contributed by atoms with Gasteiger partial charge in [0.25, 0.3) is 5.92 Å². The lowest BCUT2D eigenvalue weighted by molar-refractivity contribution is -0.0155. The van der Waals surface area contributed by atoms with E-state index in [2.05, 4.69) is 5.32 Å². The highest BCUT2D eigenvalue weighted by Crippen LogP contribution is 2.34. The average molecular weight is 135 g/mol. The van der Waals surface area contributed by atoms with Crippen LogP contribution in [0.5, 0.6) is 0 Å². The molecule has 54 valence electrons. The molecule has 0 spiro atoms. The van der Waals surface area contributed by atoms with Gasteiger partial charge in [0.2, 0.25) is 0 Å². The molecule has 1 atom stereocenters. The van der Waals surface area contributed by atoms with Crippen molar-refractivity contribution in [1.29, 1.82) is 0 Å². The van der Waals surface area contributed by atoms with Crippen molar-refractivity contribution in [2.45, 2.75) is 31.2 Å². The van der Waals surface area contributed by atoms with Crippen LogP contribution < -0.4 is 5.32 Å². The van der Waals surface area contributed by atoms with Crippen LogP contribution in [0.25, 0.3) is 0 Å². The van der Waals surface area contributed by atoms with E-state index < -0.39 is 12.0 Å². The summed E-state index contributed by atoms with van der Waals surface area (Å²) in [6, 6.07) is -0.572. The van der Waals surface area contributed by atoms with Crippen molar-refractivity contribution in [1.82, 2.24) is 5.32 Å². The molecule has 0 amide bonds. The van der Waals surface area contributed by atoms with E-state index in [1.165, 1.54) is 0 Å². The summed E-state index contributed by atoms with van der Waals surface area (Å²) >= 11 is 0. The first-order valence-corrected chi connectivity index (χ1v) is 3.22. The maximum atomic E-state index is 12.5. The maximum absolute atomic E-state index is 12.5. The Bertz CT molecular complexity index is 103. The number of nitrogens with one attached hydrogen (secondary N) is 1. The van der Waals surface area contributed by atoms with E-state index in [-0.39, 0.29) is 6.42 Å². The first-order chi connectivity index (χ1) is 4.17. The molecule has 0 aromatic carbocycles. The van der Waals surface area contributed by atoms with Crippen LogP contribution in [-0.2, 0) is 0 Å². The molecule has 1 aliphatic rings. The highest BCUT2D eigenvalue weighted by molar-refractivity contribution is 4.88. The Kier molecular flexibility index (Phi) is 1.70. The molecule has 0 aromatic rings. The van der Waals surface area contributed by atoms with Crippen molar-refractivity contribution in [3.63, 3.8) is 0 Å². The second-order valence-corrected chi connectivity index (χ2v) is 2.49. The van der Waals surface area contributed by atoms with Crippen molar-refractivity contribution in [2.75, 3.05) is 7.05 Å². The summed E-state index contributed by atoms with van der Waals surface area (Å²) in [5, 5.41) is 2.60. The van der Waals surface area contributed by atoms with Gasteiger partial charge in [-0.1, -0.05) is 0 Å². The molecule has 1 unspecified atom stereocenters. The summed E-state index contributed by atoms with van der Waals surface area (Å²) < 4.78 is 25.1. The number of halogens is 2. The van der Waals surface area contributed by atoms with E-state index in [1.54, 1.807) is 7.05 Å². The third-order valence-corrected chi connectivity index (χ3v) is 1.86. The van der Waals surface area contributed by atoms with Crippen LogP contribution >= 0.6 is 0 Å². The molecular weight excluding hydrogens is 124 g/mol. The van der Waals surface area contributed by atoms with Crippen LogP contribution in [0.2, 0.25) is 0 Å². The highest BCUT2D eigenvalue weighted by atomic mass is 19.3. The number of hydrogen-bond donors (Lipinski definition) is 1. The van der Waals surface area contributed by atoms with Crippen LogP contribution in [0.3, 0.4) is 0 Å². The summed E-state index contributed by atoms with van der Waals surface area (Å²) in [6.45, 7) is 0. The Morgan fingerprint density at radius 1 is 1.56 bits per heavy atom. The monoisotopic (exact) mass is 135 g/mol. The molecule has 0 saturated heterocycles. The molecule has 0 aliphatic heterocycles. The average Bonchev–Trinajstić information content (AvgIpc) is 2.08. The fourth-order valence-electron chi connectivity index (χ4n) is 1.28. The number of hydrogen-bond acceptors (Lipinski definition) is 1. The topological polar surface area (TPSA) is 12.0 Å². The molecule has 1 rings (SSSR count). The molecular formula is C6H11F2N. The Balaban J connectivity index is 2.52. The molecule has 1 aliphatic carbocycles. The van der Waals surface area contributed by atoms with Crippen molar-refractivity contribution in [3.05, 3.63) is 0 Å². The minimum atomic E-state index is -2.45. The van der Waals surface area contributed by atoms with Gasteiger partial charge in [-0.15, -0.1) is 0 Å². The van der Waals surface area contributed by atoms with Gasteiger partial charge >= 0.3 is 0 Å². The zero-order valence-electron chi connectivity index (χ0n) is 5.45. The Morgan fingerprint density at radius 2 is 2.22 bits per heavy atom. The fraction of sp³-hybridized carbons (Fsp3) is 1.00. The van der Waals surface area contributed by atoms with Crippen molar-refractivity contribution in [3.8, 4) is 0 Å². The molecule has 9 heavy (non-hydrogen) atoms. The van der Waals surface area contributed by atoms with Gasteiger partial charge in [-0.3, -0.25) is 0 Å². The standard InChI is InChI=1S/C6H11F2N/c1-9-5-3-2-4-6(5,7)8/h5,9H,2-4H2,1H3. The molecule has 0 heterocycles. The predicted molar refractivity (Wildman–Crippen MR) is 31.6 cm³/mol. The van der Waals surface area contributed by atoms with Crippen molar-refractivity contribution in [2.24, 2.45) is 0 Å². The zero-order valence-corrected chi connectivity index (χ0v) is 5.45. The van der Waals surface area contributed by atoms with E-state index in [1.807, 2.05) is 0 Å². The number of alkyl halides is 2. The highest BCUT2D eigenvalue weighted by Gasteiger charge is 2.42. The lowest BCUT2D eigenvalue weighted by Crippen LogP contribution is -2.37. The fourth-order valence-corrected chi connectivity index (χ4v) is 1.28. The Morgan fingerprint density at radius 3 is 2.44 bits per heavy atom. The van der Waals surface area contributed by atoms with E-state index >= 15 is 0 Å². The molecule has 1 nitrogen and oxygen atoms in total. The predicted octanol–water partition coefficient (Wildman–Crippen LogP) is 1.39. The molecule has 0 radical (unpaired) electrons. The van der Waals surface area contributed by atoms with E-state index in [0.29, 0.717) is 12.8 Å². The normalized spacial score (nSPS) is 33.0. The second-order valence-electron chi connectivity index (χ2n) is 2.49. The summed E-state index contributed by atoms with van der Waals surface area (Å²) in [5.41, 5.74) is 0. The van der Waals surface area contributed by atoms with Crippen molar-refractivity contribution >= 4 is 0 Å². The molecule has 3 heteroatoms. The minimum absolute atomic E-state index is 0.0541. The van der Waals surface area contributed by atoms with Crippen molar-refractivity contribution < 1.29 is 8.78 Å². The van der Waals surface area contributed by atoms with Gasteiger partial charge in [-0.05, 0) is 19.9 Å². The summed E-state index contributed by atoms with van der Waals surface area (Å²) in [6.07, 6.45) is 1.32. The van der Waals surface area contributed by atoms with E-state index in [9.17, 15) is 8.78 Å². The smallest absolute Gasteiger partial charge is 0.263 e. The van der Waals surface area contributed by atoms with E-state index in [0.717, 1.165) is 0 Å². The van der Waals surface area contributed by atoms with Crippen LogP contribution in [0.15, 0.2) is 0 Å². The van der Waals surface area contributed by atoms with Crippen LogP contribution in [0.1, 0.15) is 19.3 Å². The summed E-state index contributed by atoms with van der Waals surface area (Å²) in [5.74, 6) is -2.45. The third kappa shape index (κ3) is 1.21. The lowest BCUT2D eigenvalue weighted by Gasteiger charge is -2.17. The minimum Gasteiger partial charge on any atom is -0.312 e. The zero-order chi connectivity index (χ0) is 6.91. The maximum Gasteiger partial charge on any atom is 0.263 e. The molecule has 0 aromatic heterocycles. The van der Waals surface area contributed by atoms with Gasteiger partial charge < -0.3 is 5.32 Å². The molecule has 1 N–H and O–H groups in total. The quantitative estimate of drug-likeness (QED) is 0.573. The van der Waals surface area contributed by atoms with Gasteiger partial charge in [0, 0.05) is 6.42 Å². The van der Waals surface area contributed by atoms with Crippen LogP contribution in [0.4, 0.5) is 8.78 Å². The summed E-state index contributed by atoms with van der Waals surface area (Å²) in [7, 11) is 1.59. The SMILES string of the molecule is CNC1CCCC1(F)F. The van der Waals surface area contributed by atoms with Gasteiger partial charge in [0.15, 0.2) is 0 Å². The van der Waals surface area contributed by atoms with E-state index in [4.69, 9.17) is 0 Å². The summed E-state index contributed by atoms with van der Waals surface area (Å²) in [4.78, 5) is 0. The third-order valence-electron chi connectivity index (χ3n) is 1.86. The molecule has 1 saturated carbocycles. The Hall–Kier alpha value is -0.180. The lowest BCUT2D eigenvalue weighted by atomic mass is 10.2.